The fourth-order valence-electron chi connectivity index (χ4n) is 3.60. The third-order valence-electron chi connectivity index (χ3n) is 4.11. The second-order valence-corrected chi connectivity index (χ2v) is 5.73. The van der Waals surface area contributed by atoms with E-state index in [0.29, 0.717) is 11.8 Å². The maximum Gasteiger partial charge on any atom is 0.109 e. The Kier molecular flexibility index (Phi) is 3.51. The van der Waals surface area contributed by atoms with E-state index in [2.05, 4.69) is 30.1 Å². The molecule has 1 aliphatic carbocycles. The van der Waals surface area contributed by atoms with E-state index in [1.54, 1.807) is 0 Å². The fraction of sp³-hybridized carbons (Fsp3) is 0.923. The second-order valence-electron chi connectivity index (χ2n) is 5.73. The van der Waals surface area contributed by atoms with Crippen LogP contribution >= 0.6 is 0 Å². The summed E-state index contributed by atoms with van der Waals surface area (Å²) in [5.41, 5.74) is -0.167. The van der Waals surface area contributed by atoms with Crippen LogP contribution in [0, 0.1) is 23.2 Å². The smallest absolute Gasteiger partial charge is 0.109 e. The zero-order chi connectivity index (χ0) is 11.6. The van der Waals surface area contributed by atoms with Crippen LogP contribution in [0.5, 0.6) is 0 Å². The van der Waals surface area contributed by atoms with E-state index in [-0.39, 0.29) is 5.54 Å². The van der Waals surface area contributed by atoms with E-state index < -0.39 is 0 Å². The summed E-state index contributed by atoms with van der Waals surface area (Å²) < 4.78 is 0. The number of hydrogen-bond acceptors (Lipinski definition) is 3. The van der Waals surface area contributed by atoms with Crippen LogP contribution in [0.2, 0.25) is 0 Å². The molecule has 2 rings (SSSR count). The topological polar surface area (TPSA) is 39.1 Å². The summed E-state index contributed by atoms with van der Waals surface area (Å²) in [6, 6.07) is 2.65. The highest BCUT2D eigenvalue weighted by atomic mass is 15.2. The Morgan fingerprint density at radius 2 is 1.75 bits per heavy atom. The predicted molar refractivity (Wildman–Crippen MR) is 65.0 cm³/mol. The average Bonchev–Trinajstić information content (AvgIpc) is 2.29. The summed E-state index contributed by atoms with van der Waals surface area (Å²) in [5.74, 6) is 1.39. The van der Waals surface area contributed by atoms with E-state index in [0.717, 1.165) is 39.0 Å². The minimum atomic E-state index is -0.167. The zero-order valence-electron chi connectivity index (χ0n) is 10.5. The van der Waals surface area contributed by atoms with Crippen molar-refractivity contribution in [2.45, 2.75) is 38.6 Å². The maximum absolute atomic E-state index is 9.62. The van der Waals surface area contributed by atoms with Crippen molar-refractivity contribution in [3.05, 3.63) is 0 Å². The van der Waals surface area contributed by atoms with Crippen molar-refractivity contribution in [1.82, 2.24) is 10.2 Å². The Morgan fingerprint density at radius 3 is 2.25 bits per heavy atom. The molecule has 2 aliphatic rings. The summed E-state index contributed by atoms with van der Waals surface area (Å²) in [7, 11) is 0. The molecule has 1 heterocycles. The van der Waals surface area contributed by atoms with Gasteiger partial charge in [-0.15, -0.1) is 0 Å². The first-order valence-electron chi connectivity index (χ1n) is 6.53. The van der Waals surface area contributed by atoms with Gasteiger partial charge in [-0.2, -0.15) is 5.26 Å². The van der Waals surface area contributed by atoms with Crippen LogP contribution in [0.15, 0.2) is 0 Å². The fourth-order valence-corrected chi connectivity index (χ4v) is 3.60. The van der Waals surface area contributed by atoms with Crippen LogP contribution in [-0.2, 0) is 0 Å². The first-order chi connectivity index (χ1) is 7.66. The van der Waals surface area contributed by atoms with Crippen LogP contribution in [-0.4, -0.2) is 36.6 Å². The van der Waals surface area contributed by atoms with Gasteiger partial charge in [-0.3, -0.25) is 4.90 Å². The quantitative estimate of drug-likeness (QED) is 0.731. The molecule has 90 valence electrons. The molecule has 2 unspecified atom stereocenters. The van der Waals surface area contributed by atoms with Crippen molar-refractivity contribution in [3.8, 4) is 6.07 Å². The predicted octanol–water partition coefficient (Wildman–Crippen LogP) is 1.61. The third-order valence-corrected chi connectivity index (χ3v) is 4.11. The molecule has 3 heteroatoms. The van der Waals surface area contributed by atoms with Crippen LogP contribution < -0.4 is 5.32 Å². The standard InChI is InChI=1S/C13H23N3/c1-11-7-12(2)9-13(8-11,10-14)16-5-3-15-4-6-16/h11-12,15H,3-9H2,1-2H3. The van der Waals surface area contributed by atoms with Crippen LogP contribution in [0.4, 0.5) is 0 Å². The van der Waals surface area contributed by atoms with Gasteiger partial charge >= 0.3 is 0 Å². The first-order valence-corrected chi connectivity index (χ1v) is 6.53. The minimum Gasteiger partial charge on any atom is -0.314 e. The number of nitrogens with zero attached hydrogens (tertiary/aromatic N) is 2. The molecule has 0 aromatic rings. The van der Waals surface area contributed by atoms with E-state index >= 15 is 0 Å². The van der Waals surface area contributed by atoms with E-state index in [4.69, 9.17) is 0 Å². The van der Waals surface area contributed by atoms with Gasteiger partial charge in [-0.05, 0) is 31.1 Å². The highest BCUT2D eigenvalue weighted by molar-refractivity contribution is 5.12. The normalized spacial score (nSPS) is 41.6. The molecule has 0 bridgehead atoms. The number of hydrogen-bond donors (Lipinski definition) is 1. The lowest BCUT2D eigenvalue weighted by Gasteiger charge is -2.47. The van der Waals surface area contributed by atoms with Crippen molar-refractivity contribution in [3.63, 3.8) is 0 Å². The second kappa shape index (κ2) is 4.73. The molecule has 3 nitrogen and oxygen atoms in total. The lowest BCUT2D eigenvalue weighted by Crippen LogP contribution is -2.58. The molecule has 1 saturated heterocycles. The molecular formula is C13H23N3. The van der Waals surface area contributed by atoms with Gasteiger partial charge in [0.2, 0.25) is 0 Å². The SMILES string of the molecule is CC1CC(C)CC(C#N)(N2CCNCC2)C1. The number of nitrogens with one attached hydrogen (secondary N) is 1. The molecule has 0 spiro atoms. The van der Waals surface area contributed by atoms with Crippen molar-refractivity contribution in [2.75, 3.05) is 26.2 Å². The molecule has 1 aliphatic heterocycles. The summed E-state index contributed by atoms with van der Waals surface area (Å²) in [6.07, 6.45) is 3.41. The summed E-state index contributed by atoms with van der Waals surface area (Å²) in [4.78, 5) is 2.43. The van der Waals surface area contributed by atoms with Crippen molar-refractivity contribution < 1.29 is 0 Å². The van der Waals surface area contributed by atoms with Gasteiger partial charge in [0.15, 0.2) is 0 Å². The van der Waals surface area contributed by atoms with Crippen molar-refractivity contribution >= 4 is 0 Å². The average molecular weight is 221 g/mol. The van der Waals surface area contributed by atoms with Crippen molar-refractivity contribution in [2.24, 2.45) is 11.8 Å². The molecule has 1 N–H and O–H groups in total. The number of rotatable bonds is 1. The Labute approximate surface area is 98.8 Å². The monoisotopic (exact) mass is 221 g/mol. The summed E-state index contributed by atoms with van der Waals surface area (Å²) in [6.45, 7) is 8.73. The highest BCUT2D eigenvalue weighted by Crippen LogP contribution is 2.39. The van der Waals surface area contributed by atoms with Gasteiger partial charge in [0.05, 0.1) is 6.07 Å². The van der Waals surface area contributed by atoms with Crippen LogP contribution in [0.3, 0.4) is 0 Å². The zero-order valence-corrected chi connectivity index (χ0v) is 10.5. The molecule has 16 heavy (non-hydrogen) atoms. The first kappa shape index (κ1) is 11.9. The Morgan fingerprint density at radius 1 is 1.19 bits per heavy atom. The van der Waals surface area contributed by atoms with Gasteiger partial charge < -0.3 is 5.32 Å². The number of nitriles is 1. The summed E-state index contributed by atoms with van der Waals surface area (Å²) in [5, 5.41) is 13.0. The summed E-state index contributed by atoms with van der Waals surface area (Å²) >= 11 is 0. The maximum atomic E-state index is 9.62. The largest absolute Gasteiger partial charge is 0.314 e. The third kappa shape index (κ3) is 2.23. The molecule has 0 radical (unpaired) electrons. The van der Waals surface area contributed by atoms with Crippen LogP contribution in [0.1, 0.15) is 33.1 Å². The lowest BCUT2D eigenvalue weighted by atomic mass is 9.71. The lowest BCUT2D eigenvalue weighted by molar-refractivity contribution is 0.0466. The minimum absolute atomic E-state index is 0.167. The van der Waals surface area contributed by atoms with E-state index in [1.165, 1.54) is 6.42 Å². The molecular weight excluding hydrogens is 198 g/mol. The molecule has 0 aromatic heterocycles. The Balaban J connectivity index is 2.14. The molecule has 0 amide bonds. The van der Waals surface area contributed by atoms with Gasteiger partial charge in [0.25, 0.3) is 0 Å². The molecule has 2 fully saturated rings. The van der Waals surface area contributed by atoms with Gasteiger partial charge in [0, 0.05) is 26.2 Å². The molecule has 1 saturated carbocycles. The van der Waals surface area contributed by atoms with Gasteiger partial charge in [-0.25, -0.2) is 0 Å². The highest BCUT2D eigenvalue weighted by Gasteiger charge is 2.43. The molecule has 0 aromatic carbocycles. The number of piperazine rings is 1. The Hall–Kier alpha value is -0.590. The molecule has 2 atom stereocenters. The van der Waals surface area contributed by atoms with Crippen LogP contribution in [0.25, 0.3) is 0 Å². The Bertz CT molecular complexity index is 265. The van der Waals surface area contributed by atoms with E-state index in [9.17, 15) is 5.26 Å². The van der Waals surface area contributed by atoms with Gasteiger partial charge in [0.1, 0.15) is 5.54 Å². The van der Waals surface area contributed by atoms with Gasteiger partial charge in [-0.1, -0.05) is 13.8 Å². The van der Waals surface area contributed by atoms with E-state index in [1.807, 2.05) is 0 Å². The van der Waals surface area contributed by atoms with Crippen molar-refractivity contribution in [1.29, 1.82) is 5.26 Å².